The highest BCUT2D eigenvalue weighted by Crippen LogP contribution is 2.32. The Bertz CT molecular complexity index is 672. The summed E-state index contributed by atoms with van der Waals surface area (Å²) in [6.07, 6.45) is -4.63. The van der Waals surface area contributed by atoms with E-state index in [1.807, 2.05) is 0 Å². The topological polar surface area (TPSA) is 55.1 Å². The Kier molecular flexibility index (Phi) is 3.71. The van der Waals surface area contributed by atoms with Crippen molar-refractivity contribution in [3.05, 3.63) is 46.6 Å². The van der Waals surface area contributed by atoms with E-state index in [1.165, 1.54) is 13.8 Å². The van der Waals surface area contributed by atoms with E-state index in [2.05, 4.69) is 10.5 Å². The van der Waals surface area contributed by atoms with E-state index in [0.29, 0.717) is 18.2 Å². The molecule has 0 saturated heterocycles. The summed E-state index contributed by atoms with van der Waals surface area (Å²) in [5.74, 6) is -1.56. The van der Waals surface area contributed by atoms with Gasteiger partial charge in [0.15, 0.2) is 0 Å². The molecule has 1 amide bonds. The number of halogens is 4. The zero-order valence-electron chi connectivity index (χ0n) is 11.0. The van der Waals surface area contributed by atoms with Crippen LogP contribution in [0, 0.1) is 19.7 Å². The predicted octanol–water partition coefficient (Wildman–Crippen LogP) is 3.70. The number of aryl methyl sites for hydroxylation is 2. The van der Waals surface area contributed by atoms with Gasteiger partial charge in [-0.05, 0) is 32.0 Å². The Balaban J connectivity index is 2.34. The molecule has 0 aliphatic rings. The second kappa shape index (κ2) is 5.19. The van der Waals surface area contributed by atoms with Gasteiger partial charge in [0.2, 0.25) is 0 Å². The molecule has 0 saturated carbocycles. The van der Waals surface area contributed by atoms with Crippen molar-refractivity contribution in [2.45, 2.75) is 20.0 Å². The molecule has 4 nitrogen and oxygen atoms in total. The smallest absolute Gasteiger partial charge is 0.361 e. The molecule has 2 aromatic rings. The molecular formula is C13H10F4N2O2. The Morgan fingerprint density at radius 2 is 1.95 bits per heavy atom. The van der Waals surface area contributed by atoms with Gasteiger partial charge in [-0.3, -0.25) is 4.79 Å². The minimum atomic E-state index is -4.63. The molecule has 0 fully saturated rings. The van der Waals surface area contributed by atoms with Crippen LogP contribution in [0.15, 0.2) is 22.7 Å². The van der Waals surface area contributed by atoms with Gasteiger partial charge in [0.05, 0.1) is 16.9 Å². The lowest BCUT2D eigenvalue weighted by atomic mass is 10.1. The molecule has 0 spiro atoms. The molecule has 0 atom stereocenters. The summed E-state index contributed by atoms with van der Waals surface area (Å²) in [5.41, 5.74) is -1.29. The first-order valence-electron chi connectivity index (χ1n) is 5.81. The van der Waals surface area contributed by atoms with Crippen LogP contribution in [-0.4, -0.2) is 11.1 Å². The van der Waals surface area contributed by atoms with E-state index >= 15 is 0 Å². The number of nitrogens with one attached hydrogen (secondary N) is 1. The fourth-order valence-corrected chi connectivity index (χ4v) is 1.79. The highest BCUT2D eigenvalue weighted by atomic mass is 19.4. The maximum Gasteiger partial charge on any atom is 0.416 e. The summed E-state index contributed by atoms with van der Waals surface area (Å²) >= 11 is 0. The molecule has 0 unspecified atom stereocenters. The van der Waals surface area contributed by atoms with Gasteiger partial charge in [-0.1, -0.05) is 5.16 Å². The molecule has 2 rings (SSSR count). The molecule has 0 aliphatic heterocycles. The number of rotatable bonds is 2. The number of carbonyl (C=O) groups excluding carboxylic acids is 1. The van der Waals surface area contributed by atoms with Gasteiger partial charge < -0.3 is 9.84 Å². The molecule has 0 radical (unpaired) electrons. The monoisotopic (exact) mass is 302 g/mol. The lowest BCUT2D eigenvalue weighted by Gasteiger charge is -2.10. The van der Waals surface area contributed by atoms with Gasteiger partial charge in [-0.2, -0.15) is 13.2 Å². The molecule has 0 aliphatic carbocycles. The largest absolute Gasteiger partial charge is 0.416 e. The van der Waals surface area contributed by atoms with Crippen molar-refractivity contribution in [1.82, 2.24) is 5.16 Å². The van der Waals surface area contributed by atoms with Crippen LogP contribution >= 0.6 is 0 Å². The number of nitrogens with zero attached hydrogens (tertiary/aromatic N) is 1. The number of benzene rings is 1. The maximum atomic E-state index is 13.5. The second-order valence-corrected chi connectivity index (χ2v) is 4.35. The van der Waals surface area contributed by atoms with E-state index in [-0.39, 0.29) is 17.0 Å². The first-order chi connectivity index (χ1) is 9.70. The summed E-state index contributed by atoms with van der Waals surface area (Å²) in [4.78, 5) is 12.0. The number of amides is 1. The van der Waals surface area contributed by atoms with Crippen LogP contribution in [0.4, 0.5) is 23.2 Å². The van der Waals surface area contributed by atoms with Crippen molar-refractivity contribution < 1.29 is 26.9 Å². The fraction of sp³-hybridized carbons (Fsp3) is 0.231. The van der Waals surface area contributed by atoms with Crippen LogP contribution in [-0.2, 0) is 6.18 Å². The number of alkyl halides is 3. The third-order valence-electron chi connectivity index (χ3n) is 2.80. The highest BCUT2D eigenvalue weighted by molar-refractivity contribution is 6.05. The first-order valence-corrected chi connectivity index (χ1v) is 5.81. The van der Waals surface area contributed by atoms with E-state index in [1.54, 1.807) is 0 Å². The molecule has 0 bridgehead atoms. The number of carbonyl (C=O) groups is 1. The summed E-state index contributed by atoms with van der Waals surface area (Å²) in [5, 5.41) is 5.64. The van der Waals surface area contributed by atoms with Crippen LogP contribution in [0.25, 0.3) is 0 Å². The zero-order chi connectivity index (χ0) is 15.8. The number of aromatic nitrogens is 1. The van der Waals surface area contributed by atoms with E-state index in [4.69, 9.17) is 4.52 Å². The minimum Gasteiger partial charge on any atom is -0.361 e. The normalized spacial score (nSPS) is 11.5. The fourth-order valence-electron chi connectivity index (χ4n) is 1.79. The van der Waals surface area contributed by atoms with Crippen molar-refractivity contribution in [3.63, 3.8) is 0 Å². The molecule has 1 heterocycles. The summed E-state index contributed by atoms with van der Waals surface area (Å²) in [6, 6.07) is 1.78. The third kappa shape index (κ3) is 3.04. The standard InChI is InChI=1S/C13H10F4N2O2/c1-6-11(7(2)21-19-6)12(20)18-10-5-8(13(15,16)17)3-4-9(10)14/h3-5H,1-2H3,(H,18,20). The quantitative estimate of drug-likeness (QED) is 0.861. The first kappa shape index (κ1) is 15.0. The van der Waals surface area contributed by atoms with Gasteiger partial charge >= 0.3 is 6.18 Å². The molecular weight excluding hydrogens is 292 g/mol. The Hall–Kier alpha value is -2.38. The van der Waals surface area contributed by atoms with Gasteiger partial charge in [-0.15, -0.1) is 0 Å². The molecule has 1 aromatic carbocycles. The highest BCUT2D eigenvalue weighted by Gasteiger charge is 2.31. The zero-order valence-corrected chi connectivity index (χ0v) is 11.0. The van der Waals surface area contributed by atoms with Crippen molar-refractivity contribution in [3.8, 4) is 0 Å². The van der Waals surface area contributed by atoms with Gasteiger partial charge in [0.1, 0.15) is 17.1 Å². The SMILES string of the molecule is Cc1noc(C)c1C(=O)Nc1cc(C(F)(F)F)ccc1F. The Morgan fingerprint density at radius 3 is 2.48 bits per heavy atom. The summed E-state index contributed by atoms with van der Waals surface area (Å²) < 4.78 is 56.1. The summed E-state index contributed by atoms with van der Waals surface area (Å²) in [6.45, 7) is 2.96. The van der Waals surface area contributed by atoms with Gasteiger partial charge in [0, 0.05) is 0 Å². The van der Waals surface area contributed by atoms with E-state index < -0.39 is 29.2 Å². The Labute approximate surface area is 116 Å². The molecule has 8 heteroatoms. The number of anilines is 1. The van der Waals surface area contributed by atoms with Crippen LogP contribution in [0.1, 0.15) is 27.4 Å². The molecule has 1 N–H and O–H groups in total. The van der Waals surface area contributed by atoms with Crippen molar-refractivity contribution in [2.75, 3.05) is 5.32 Å². The van der Waals surface area contributed by atoms with E-state index in [0.717, 1.165) is 0 Å². The van der Waals surface area contributed by atoms with Crippen LogP contribution in [0.3, 0.4) is 0 Å². The lowest BCUT2D eigenvalue weighted by molar-refractivity contribution is -0.137. The number of hydrogen-bond acceptors (Lipinski definition) is 3. The average Bonchev–Trinajstić information content (AvgIpc) is 2.70. The van der Waals surface area contributed by atoms with Crippen molar-refractivity contribution in [2.24, 2.45) is 0 Å². The lowest BCUT2D eigenvalue weighted by Crippen LogP contribution is -2.15. The Morgan fingerprint density at radius 1 is 1.29 bits per heavy atom. The van der Waals surface area contributed by atoms with Crippen LogP contribution < -0.4 is 5.32 Å². The van der Waals surface area contributed by atoms with Crippen molar-refractivity contribution >= 4 is 11.6 Å². The minimum absolute atomic E-state index is 0.0619. The number of hydrogen-bond donors (Lipinski definition) is 1. The molecule has 21 heavy (non-hydrogen) atoms. The second-order valence-electron chi connectivity index (χ2n) is 4.35. The average molecular weight is 302 g/mol. The van der Waals surface area contributed by atoms with Crippen LogP contribution in [0.2, 0.25) is 0 Å². The molecule has 1 aromatic heterocycles. The predicted molar refractivity (Wildman–Crippen MR) is 65.3 cm³/mol. The summed E-state index contributed by atoms with van der Waals surface area (Å²) in [7, 11) is 0. The van der Waals surface area contributed by atoms with Gasteiger partial charge in [0.25, 0.3) is 5.91 Å². The molecule has 112 valence electrons. The maximum absolute atomic E-state index is 13.5. The van der Waals surface area contributed by atoms with Crippen molar-refractivity contribution in [1.29, 1.82) is 0 Å². The third-order valence-corrected chi connectivity index (χ3v) is 2.80. The van der Waals surface area contributed by atoms with Gasteiger partial charge in [-0.25, -0.2) is 4.39 Å². The van der Waals surface area contributed by atoms with E-state index in [9.17, 15) is 22.4 Å². The van der Waals surface area contributed by atoms with Crippen LogP contribution in [0.5, 0.6) is 0 Å².